The molecule has 1 aliphatic rings. The fraction of sp³-hybridized carbons (Fsp3) is 0.233. The Morgan fingerprint density at radius 1 is 1.00 bits per heavy atom. The van der Waals surface area contributed by atoms with Crippen LogP contribution in [-0.4, -0.2) is 90.4 Å². The van der Waals surface area contributed by atoms with Gasteiger partial charge in [0.05, 0.1) is 18.7 Å². The van der Waals surface area contributed by atoms with Gasteiger partial charge < -0.3 is 25.6 Å². The molecule has 0 saturated carbocycles. The number of hydrogen-bond donors (Lipinski definition) is 3. The smallest absolute Gasteiger partial charge is 0.324 e. The number of rotatable bonds is 7. The lowest BCUT2D eigenvalue weighted by molar-refractivity contribution is 0.0827. The number of anilines is 3. The lowest BCUT2D eigenvalue weighted by Crippen LogP contribution is -2.37. The molecule has 4 heterocycles. The number of aliphatic imine (C=N–C) groups is 1. The normalized spacial score (nSPS) is 13.7. The van der Waals surface area contributed by atoms with Crippen molar-refractivity contribution in [2.75, 3.05) is 63.0 Å². The minimum atomic E-state index is -0.471. The van der Waals surface area contributed by atoms with E-state index >= 15 is 0 Å². The summed E-state index contributed by atoms with van der Waals surface area (Å²) in [5.41, 5.74) is 10.4. The summed E-state index contributed by atoms with van der Waals surface area (Å²) in [6.45, 7) is 2.54. The summed E-state index contributed by atoms with van der Waals surface area (Å²) in [5, 5.41) is 5.46. The first-order valence-electron chi connectivity index (χ1n) is 13.6. The summed E-state index contributed by atoms with van der Waals surface area (Å²) >= 11 is 0. The Morgan fingerprint density at radius 3 is 2.42 bits per heavy atom. The standard InChI is InChI=1S/C30H32N10O3/c1-32-16-22(15-31)21-14-24-26(34-18-21)28(40-10-12-43-13-11-40)38-27(36-24)20-6-9-25(33-17-20)37-30(42)35-23-7-4-19(5-8-23)29(41)39(2)3/h4-9,14-18H,10-13,31H2,1-3H3,(H2,33,35,37,42). The maximum Gasteiger partial charge on any atom is 0.324 e. The van der Waals surface area contributed by atoms with E-state index in [4.69, 9.17) is 20.4 Å². The van der Waals surface area contributed by atoms with E-state index in [1.807, 2.05) is 6.07 Å². The van der Waals surface area contributed by atoms with E-state index in [1.165, 1.54) is 11.1 Å². The van der Waals surface area contributed by atoms with E-state index in [9.17, 15) is 9.59 Å². The van der Waals surface area contributed by atoms with Gasteiger partial charge in [-0.15, -0.1) is 0 Å². The van der Waals surface area contributed by atoms with Crippen LogP contribution in [0.3, 0.4) is 0 Å². The summed E-state index contributed by atoms with van der Waals surface area (Å²) in [6, 6.07) is 11.6. The van der Waals surface area contributed by atoms with Crippen molar-refractivity contribution in [1.82, 2.24) is 24.8 Å². The molecule has 1 aliphatic heterocycles. The zero-order valence-corrected chi connectivity index (χ0v) is 24.1. The molecule has 0 unspecified atom stereocenters. The SMILES string of the molecule is CN=CC(=CN)c1cnc2c(N3CCOCC3)nc(-c3ccc(NC(=O)Nc4ccc(C(=O)N(C)C)cc4)nc3)nc2c1. The maximum absolute atomic E-state index is 12.6. The van der Waals surface area contributed by atoms with Gasteiger partial charge in [0.2, 0.25) is 0 Å². The molecule has 1 saturated heterocycles. The third-order valence-corrected chi connectivity index (χ3v) is 6.67. The summed E-state index contributed by atoms with van der Waals surface area (Å²) in [5.74, 6) is 1.39. The number of allylic oxidation sites excluding steroid dienone is 1. The van der Waals surface area contributed by atoms with Crippen LogP contribution in [0.15, 0.2) is 66.1 Å². The first-order valence-corrected chi connectivity index (χ1v) is 13.6. The van der Waals surface area contributed by atoms with Gasteiger partial charge in [-0.25, -0.2) is 19.7 Å². The third kappa shape index (κ3) is 6.73. The molecular formula is C30H32N10O3. The Labute approximate surface area is 248 Å². The van der Waals surface area contributed by atoms with E-state index in [1.54, 1.807) is 76.1 Å². The van der Waals surface area contributed by atoms with E-state index in [0.717, 1.165) is 11.1 Å². The molecule has 3 amide bonds. The van der Waals surface area contributed by atoms with E-state index in [2.05, 4.69) is 30.5 Å². The molecule has 13 heteroatoms. The molecule has 0 bridgehead atoms. The number of benzene rings is 1. The Kier molecular flexibility index (Phi) is 8.82. The van der Waals surface area contributed by atoms with Crippen molar-refractivity contribution in [2.45, 2.75) is 0 Å². The number of urea groups is 1. The number of aromatic nitrogens is 4. The molecule has 0 atom stereocenters. The number of morpholine rings is 1. The number of fused-ring (bicyclic) bond motifs is 1. The van der Waals surface area contributed by atoms with Gasteiger partial charge in [-0.3, -0.25) is 20.1 Å². The number of pyridine rings is 2. The van der Waals surface area contributed by atoms with Crippen LogP contribution in [0.5, 0.6) is 0 Å². The molecule has 4 N–H and O–H groups in total. The Balaban J connectivity index is 1.38. The van der Waals surface area contributed by atoms with E-state index in [-0.39, 0.29) is 5.91 Å². The van der Waals surface area contributed by atoms with Crippen molar-refractivity contribution in [1.29, 1.82) is 0 Å². The van der Waals surface area contributed by atoms with Crippen molar-refractivity contribution < 1.29 is 14.3 Å². The van der Waals surface area contributed by atoms with Crippen molar-refractivity contribution in [2.24, 2.45) is 10.7 Å². The molecule has 5 rings (SSSR count). The third-order valence-electron chi connectivity index (χ3n) is 6.67. The molecule has 43 heavy (non-hydrogen) atoms. The van der Waals surface area contributed by atoms with Crippen LogP contribution in [0.25, 0.3) is 28.0 Å². The fourth-order valence-corrected chi connectivity index (χ4v) is 4.47. The second-order valence-electron chi connectivity index (χ2n) is 9.86. The monoisotopic (exact) mass is 580 g/mol. The number of carbonyl (C=O) groups excluding carboxylic acids is 2. The molecule has 0 radical (unpaired) electrons. The van der Waals surface area contributed by atoms with E-state index < -0.39 is 6.03 Å². The molecular weight excluding hydrogens is 548 g/mol. The van der Waals surface area contributed by atoms with Gasteiger partial charge >= 0.3 is 6.03 Å². The number of amides is 3. The maximum atomic E-state index is 12.6. The zero-order chi connectivity index (χ0) is 30.3. The lowest BCUT2D eigenvalue weighted by Gasteiger charge is -2.28. The quantitative estimate of drug-likeness (QED) is 0.278. The van der Waals surface area contributed by atoms with Crippen LogP contribution < -0.4 is 21.3 Å². The number of hydrogen-bond acceptors (Lipinski definition) is 10. The first-order chi connectivity index (χ1) is 20.9. The number of nitrogens with two attached hydrogens (primary N) is 1. The second-order valence-corrected chi connectivity index (χ2v) is 9.86. The highest BCUT2D eigenvalue weighted by Crippen LogP contribution is 2.28. The van der Waals surface area contributed by atoms with Gasteiger partial charge in [-0.1, -0.05) is 0 Å². The Bertz CT molecular complexity index is 1680. The lowest BCUT2D eigenvalue weighted by atomic mass is 10.1. The topological polar surface area (TPSA) is 164 Å². The molecule has 1 aromatic carbocycles. The molecule has 0 aliphatic carbocycles. The highest BCUT2D eigenvalue weighted by Gasteiger charge is 2.20. The molecule has 0 spiro atoms. The predicted octanol–water partition coefficient (Wildman–Crippen LogP) is 3.27. The van der Waals surface area contributed by atoms with Gasteiger partial charge in [0.25, 0.3) is 5.91 Å². The number of ether oxygens (including phenoxy) is 1. The van der Waals surface area contributed by atoms with Gasteiger partial charge in [-0.2, -0.15) is 0 Å². The summed E-state index contributed by atoms with van der Waals surface area (Å²) in [6.07, 6.45) is 6.49. The van der Waals surface area contributed by atoms with Crippen molar-refractivity contribution >= 4 is 52.1 Å². The first kappa shape index (κ1) is 29.1. The van der Waals surface area contributed by atoms with Crippen LogP contribution >= 0.6 is 0 Å². The second kappa shape index (κ2) is 13.0. The number of carbonyl (C=O) groups is 2. The zero-order valence-electron chi connectivity index (χ0n) is 24.1. The van der Waals surface area contributed by atoms with E-state index in [0.29, 0.717) is 71.6 Å². The summed E-state index contributed by atoms with van der Waals surface area (Å²) in [4.78, 5) is 51.1. The fourth-order valence-electron chi connectivity index (χ4n) is 4.47. The number of nitrogens with one attached hydrogen (secondary N) is 2. The minimum Gasteiger partial charge on any atom is -0.404 e. The van der Waals surface area contributed by atoms with Crippen LogP contribution in [0.2, 0.25) is 0 Å². The number of nitrogens with zero attached hydrogens (tertiary/aromatic N) is 7. The highest BCUT2D eigenvalue weighted by atomic mass is 16.5. The Hall–Kier alpha value is -5.43. The minimum absolute atomic E-state index is 0.118. The van der Waals surface area contributed by atoms with Crippen molar-refractivity contribution in [3.8, 4) is 11.4 Å². The molecule has 13 nitrogen and oxygen atoms in total. The van der Waals surface area contributed by atoms with Gasteiger partial charge in [-0.05, 0) is 42.5 Å². The van der Waals surface area contributed by atoms with Crippen LogP contribution in [0.1, 0.15) is 15.9 Å². The van der Waals surface area contributed by atoms with Crippen LogP contribution in [-0.2, 0) is 4.74 Å². The molecule has 3 aromatic heterocycles. The van der Waals surface area contributed by atoms with Crippen molar-refractivity contribution in [3.63, 3.8) is 0 Å². The van der Waals surface area contributed by atoms with Gasteiger partial charge in [0, 0.05) is 87.0 Å². The largest absolute Gasteiger partial charge is 0.404 e. The van der Waals surface area contributed by atoms with Crippen LogP contribution in [0.4, 0.5) is 22.1 Å². The molecule has 4 aromatic rings. The predicted molar refractivity (Wildman–Crippen MR) is 167 cm³/mol. The molecule has 1 fully saturated rings. The van der Waals surface area contributed by atoms with Crippen molar-refractivity contribution in [3.05, 3.63) is 72.2 Å². The Morgan fingerprint density at radius 2 is 1.77 bits per heavy atom. The van der Waals surface area contributed by atoms with Crippen LogP contribution in [0, 0.1) is 0 Å². The highest BCUT2D eigenvalue weighted by molar-refractivity contribution is 6.10. The average molecular weight is 581 g/mol. The summed E-state index contributed by atoms with van der Waals surface area (Å²) < 4.78 is 5.54. The summed E-state index contributed by atoms with van der Waals surface area (Å²) in [7, 11) is 5.04. The molecule has 220 valence electrons. The van der Waals surface area contributed by atoms with Gasteiger partial charge in [0.1, 0.15) is 11.3 Å². The van der Waals surface area contributed by atoms with Gasteiger partial charge in [0.15, 0.2) is 11.6 Å². The average Bonchev–Trinajstić information content (AvgIpc) is 3.03.